The molecule has 5 heteroatoms. The molecule has 0 spiro atoms. The molecule has 1 heterocycles. The largest absolute Gasteiger partial charge is 0.421 e. The summed E-state index contributed by atoms with van der Waals surface area (Å²) in [5, 5.41) is 8.42. The lowest BCUT2D eigenvalue weighted by Crippen LogP contribution is -1.80. The number of benzene rings is 1. The van der Waals surface area contributed by atoms with Gasteiger partial charge in [0.2, 0.25) is 11.8 Å². The minimum atomic E-state index is 0.457. The zero-order chi connectivity index (χ0) is 10.8. The average Bonchev–Trinajstić information content (AvgIpc) is 2.70. The first-order chi connectivity index (χ1) is 7.22. The molecule has 0 saturated carbocycles. The van der Waals surface area contributed by atoms with E-state index in [1.165, 1.54) is 0 Å². The van der Waals surface area contributed by atoms with Crippen LogP contribution in [0.15, 0.2) is 27.1 Å². The van der Waals surface area contributed by atoms with Crippen LogP contribution >= 0.6 is 27.5 Å². The molecule has 0 unspecified atom stereocenters. The van der Waals surface area contributed by atoms with Crippen molar-refractivity contribution in [1.82, 2.24) is 10.2 Å². The molecule has 2 rings (SSSR count). The molecule has 78 valence electrons. The van der Waals surface area contributed by atoms with E-state index in [1.54, 1.807) is 0 Å². The summed E-state index contributed by atoms with van der Waals surface area (Å²) in [4.78, 5) is 0. The van der Waals surface area contributed by atoms with Crippen LogP contribution in [0, 0.1) is 0 Å². The summed E-state index contributed by atoms with van der Waals surface area (Å²) >= 11 is 9.45. The molecule has 0 aliphatic heterocycles. The van der Waals surface area contributed by atoms with E-state index in [0.717, 1.165) is 16.5 Å². The highest BCUT2D eigenvalue weighted by Crippen LogP contribution is 2.32. The van der Waals surface area contributed by atoms with Crippen molar-refractivity contribution < 1.29 is 4.42 Å². The van der Waals surface area contributed by atoms with Crippen molar-refractivity contribution in [3.05, 3.63) is 33.6 Å². The van der Waals surface area contributed by atoms with Crippen LogP contribution in [-0.2, 0) is 6.42 Å². The van der Waals surface area contributed by atoms with Crippen LogP contribution in [0.5, 0.6) is 0 Å². The molecule has 0 bridgehead atoms. The molecule has 3 nitrogen and oxygen atoms in total. The summed E-state index contributed by atoms with van der Waals surface area (Å²) in [5.41, 5.74) is 0.748. The standard InChI is InChI=1S/C10H8BrClN2O/c1-2-8-13-14-10(15-8)6-4-3-5-7(11)9(6)12/h3-5H,2H2,1H3. The van der Waals surface area contributed by atoms with Gasteiger partial charge in [-0.05, 0) is 28.1 Å². The van der Waals surface area contributed by atoms with Gasteiger partial charge >= 0.3 is 0 Å². The summed E-state index contributed by atoms with van der Waals surface area (Å²) in [7, 11) is 0. The van der Waals surface area contributed by atoms with Crippen LogP contribution in [0.1, 0.15) is 12.8 Å². The highest BCUT2D eigenvalue weighted by Gasteiger charge is 2.12. The van der Waals surface area contributed by atoms with Gasteiger partial charge in [-0.3, -0.25) is 0 Å². The van der Waals surface area contributed by atoms with Gasteiger partial charge in [0.15, 0.2) is 0 Å². The van der Waals surface area contributed by atoms with Crippen LogP contribution in [0.2, 0.25) is 5.02 Å². The molecular weight excluding hydrogens is 279 g/mol. The van der Waals surface area contributed by atoms with Gasteiger partial charge in [-0.25, -0.2) is 0 Å². The monoisotopic (exact) mass is 286 g/mol. The van der Waals surface area contributed by atoms with Gasteiger partial charge in [-0.2, -0.15) is 0 Å². The molecule has 0 amide bonds. The lowest BCUT2D eigenvalue weighted by molar-refractivity contribution is 0.513. The quantitative estimate of drug-likeness (QED) is 0.845. The highest BCUT2D eigenvalue weighted by molar-refractivity contribution is 9.10. The lowest BCUT2D eigenvalue weighted by Gasteiger charge is -2.00. The van der Waals surface area contributed by atoms with E-state index in [0.29, 0.717) is 16.8 Å². The summed E-state index contributed by atoms with van der Waals surface area (Å²) < 4.78 is 6.24. The van der Waals surface area contributed by atoms with E-state index in [2.05, 4.69) is 26.1 Å². The first kappa shape index (κ1) is 10.6. The van der Waals surface area contributed by atoms with Crippen molar-refractivity contribution in [2.75, 3.05) is 0 Å². The molecule has 0 saturated heterocycles. The van der Waals surface area contributed by atoms with Gasteiger partial charge in [0, 0.05) is 10.9 Å². The second-order valence-corrected chi connectivity index (χ2v) is 4.19. The molecular formula is C10H8BrClN2O. The number of rotatable bonds is 2. The molecule has 2 aromatic rings. The SMILES string of the molecule is CCc1nnc(-c2cccc(Br)c2Cl)o1. The third-order valence-corrected chi connectivity index (χ3v) is 3.25. The van der Waals surface area contributed by atoms with Crippen molar-refractivity contribution in [3.63, 3.8) is 0 Å². The Morgan fingerprint density at radius 1 is 1.40 bits per heavy atom. The molecule has 0 N–H and O–H groups in total. The van der Waals surface area contributed by atoms with Crippen molar-refractivity contribution in [2.24, 2.45) is 0 Å². The zero-order valence-electron chi connectivity index (χ0n) is 8.00. The average molecular weight is 288 g/mol. The molecule has 0 aliphatic rings. The molecule has 0 radical (unpaired) electrons. The Hall–Kier alpha value is -0.870. The van der Waals surface area contributed by atoms with E-state index in [-0.39, 0.29) is 0 Å². The van der Waals surface area contributed by atoms with Gasteiger partial charge in [0.05, 0.1) is 10.6 Å². The lowest BCUT2D eigenvalue weighted by atomic mass is 10.2. The predicted octanol–water partition coefficient (Wildman–Crippen LogP) is 3.71. The van der Waals surface area contributed by atoms with Crippen LogP contribution in [0.25, 0.3) is 11.5 Å². The van der Waals surface area contributed by atoms with Crippen molar-refractivity contribution in [3.8, 4) is 11.5 Å². The Kier molecular flexibility index (Phi) is 3.07. The Labute approximate surface area is 101 Å². The topological polar surface area (TPSA) is 38.9 Å². The van der Waals surface area contributed by atoms with Gasteiger partial charge in [0.25, 0.3) is 0 Å². The van der Waals surface area contributed by atoms with Crippen molar-refractivity contribution in [2.45, 2.75) is 13.3 Å². The third kappa shape index (κ3) is 2.06. The van der Waals surface area contributed by atoms with Crippen LogP contribution in [0.3, 0.4) is 0 Å². The number of aryl methyl sites for hydroxylation is 1. The maximum atomic E-state index is 6.11. The van der Waals surface area contributed by atoms with Crippen molar-refractivity contribution in [1.29, 1.82) is 0 Å². The maximum Gasteiger partial charge on any atom is 0.249 e. The van der Waals surface area contributed by atoms with Gasteiger partial charge in [-0.15, -0.1) is 10.2 Å². The number of halogens is 2. The number of aromatic nitrogens is 2. The fourth-order valence-corrected chi connectivity index (χ4v) is 1.75. The zero-order valence-corrected chi connectivity index (χ0v) is 10.3. The number of hydrogen-bond donors (Lipinski definition) is 0. The summed E-state index contributed by atoms with van der Waals surface area (Å²) in [6.45, 7) is 1.96. The highest BCUT2D eigenvalue weighted by atomic mass is 79.9. The Balaban J connectivity index is 2.49. The van der Waals surface area contributed by atoms with Crippen LogP contribution < -0.4 is 0 Å². The molecule has 0 fully saturated rings. The van der Waals surface area contributed by atoms with E-state index in [1.807, 2.05) is 25.1 Å². The van der Waals surface area contributed by atoms with E-state index >= 15 is 0 Å². The first-order valence-electron chi connectivity index (χ1n) is 4.49. The van der Waals surface area contributed by atoms with Crippen LogP contribution in [-0.4, -0.2) is 10.2 Å². The van der Waals surface area contributed by atoms with Gasteiger partial charge in [-0.1, -0.05) is 24.6 Å². The molecule has 15 heavy (non-hydrogen) atoms. The summed E-state index contributed by atoms with van der Waals surface area (Å²) in [6, 6.07) is 5.59. The van der Waals surface area contributed by atoms with E-state index in [9.17, 15) is 0 Å². The summed E-state index contributed by atoms with van der Waals surface area (Å²) in [6.07, 6.45) is 0.721. The fourth-order valence-electron chi connectivity index (χ4n) is 1.17. The Morgan fingerprint density at radius 3 is 2.87 bits per heavy atom. The smallest absolute Gasteiger partial charge is 0.249 e. The predicted molar refractivity (Wildman–Crippen MR) is 61.8 cm³/mol. The van der Waals surface area contributed by atoms with E-state index in [4.69, 9.17) is 16.0 Å². The fraction of sp³-hybridized carbons (Fsp3) is 0.200. The summed E-state index contributed by atoms with van der Waals surface area (Å²) in [5.74, 6) is 1.07. The number of nitrogens with zero attached hydrogens (tertiary/aromatic N) is 2. The molecule has 0 atom stereocenters. The molecule has 1 aromatic heterocycles. The van der Waals surface area contributed by atoms with E-state index < -0.39 is 0 Å². The molecule has 1 aromatic carbocycles. The third-order valence-electron chi connectivity index (χ3n) is 1.95. The minimum absolute atomic E-state index is 0.457. The van der Waals surface area contributed by atoms with Crippen molar-refractivity contribution >= 4 is 27.5 Å². The normalized spacial score (nSPS) is 10.6. The Morgan fingerprint density at radius 2 is 2.20 bits per heavy atom. The molecule has 0 aliphatic carbocycles. The number of hydrogen-bond acceptors (Lipinski definition) is 3. The van der Waals surface area contributed by atoms with Gasteiger partial charge in [0.1, 0.15) is 0 Å². The second kappa shape index (κ2) is 4.33. The first-order valence-corrected chi connectivity index (χ1v) is 5.66. The Bertz CT molecular complexity index is 484. The van der Waals surface area contributed by atoms with Gasteiger partial charge < -0.3 is 4.42 Å². The van der Waals surface area contributed by atoms with Crippen LogP contribution in [0.4, 0.5) is 0 Å². The second-order valence-electron chi connectivity index (χ2n) is 2.96. The maximum absolute atomic E-state index is 6.11. The minimum Gasteiger partial charge on any atom is -0.421 e.